The molecule has 2 aromatic rings. The number of carbonyl (C=O) groups excluding carboxylic acids is 2. The first kappa shape index (κ1) is 12.5. The van der Waals surface area contributed by atoms with Crippen LogP contribution in [0.4, 0.5) is 5.13 Å². The van der Waals surface area contributed by atoms with E-state index >= 15 is 0 Å². The molecule has 0 atom stereocenters. The second-order valence-corrected chi connectivity index (χ2v) is 4.58. The fourth-order valence-electron chi connectivity index (χ4n) is 1.17. The third-order valence-corrected chi connectivity index (χ3v) is 3.20. The molecule has 2 aromatic heterocycles. The predicted molar refractivity (Wildman–Crippen MR) is 67.8 cm³/mol. The van der Waals surface area contributed by atoms with Crippen molar-refractivity contribution in [3.63, 3.8) is 0 Å². The standard InChI is InChI=1S/C10H7ClN4O2S/c11-7-5(2-1-3-13-7)9(17)15-10-14-4-6(18-10)8(12)16/h1-4H,(H2,12,16)(H,14,15,17). The molecule has 0 radical (unpaired) electrons. The van der Waals surface area contributed by atoms with Crippen molar-refractivity contribution >= 4 is 39.9 Å². The van der Waals surface area contributed by atoms with E-state index in [4.69, 9.17) is 17.3 Å². The summed E-state index contributed by atoms with van der Waals surface area (Å²) in [5.41, 5.74) is 5.31. The van der Waals surface area contributed by atoms with Crippen LogP contribution in [0.15, 0.2) is 24.5 Å². The van der Waals surface area contributed by atoms with Gasteiger partial charge in [0.15, 0.2) is 5.13 Å². The molecule has 2 rings (SSSR count). The maximum Gasteiger partial charge on any atom is 0.260 e. The van der Waals surface area contributed by atoms with E-state index in [2.05, 4.69) is 15.3 Å². The van der Waals surface area contributed by atoms with Crippen LogP contribution in [0, 0.1) is 0 Å². The van der Waals surface area contributed by atoms with Gasteiger partial charge in [0.1, 0.15) is 10.0 Å². The molecule has 0 bridgehead atoms. The van der Waals surface area contributed by atoms with Crippen molar-refractivity contribution in [3.8, 4) is 0 Å². The number of hydrogen-bond acceptors (Lipinski definition) is 5. The summed E-state index contributed by atoms with van der Waals surface area (Å²) in [7, 11) is 0. The smallest absolute Gasteiger partial charge is 0.260 e. The Balaban J connectivity index is 2.16. The number of carbonyl (C=O) groups is 2. The van der Waals surface area contributed by atoms with Gasteiger partial charge in [-0.1, -0.05) is 22.9 Å². The number of nitrogens with zero attached hydrogens (tertiary/aromatic N) is 2. The molecular weight excluding hydrogens is 276 g/mol. The Morgan fingerprint density at radius 1 is 1.39 bits per heavy atom. The summed E-state index contributed by atoms with van der Waals surface area (Å²) in [6.07, 6.45) is 2.78. The van der Waals surface area contributed by atoms with Gasteiger partial charge >= 0.3 is 0 Å². The summed E-state index contributed by atoms with van der Waals surface area (Å²) in [4.78, 5) is 30.6. The molecule has 0 aliphatic carbocycles. The zero-order valence-electron chi connectivity index (χ0n) is 8.88. The highest BCUT2D eigenvalue weighted by atomic mass is 35.5. The van der Waals surface area contributed by atoms with Crippen molar-refractivity contribution in [3.05, 3.63) is 40.1 Å². The normalized spacial score (nSPS) is 10.1. The Morgan fingerprint density at radius 2 is 2.17 bits per heavy atom. The molecule has 6 nitrogen and oxygen atoms in total. The third kappa shape index (κ3) is 2.63. The van der Waals surface area contributed by atoms with Crippen LogP contribution in [0.3, 0.4) is 0 Å². The third-order valence-electron chi connectivity index (χ3n) is 1.97. The molecule has 2 heterocycles. The van der Waals surface area contributed by atoms with Crippen LogP contribution in [0.2, 0.25) is 5.15 Å². The molecule has 0 spiro atoms. The van der Waals surface area contributed by atoms with Crippen molar-refractivity contribution < 1.29 is 9.59 Å². The number of aromatic nitrogens is 2. The minimum Gasteiger partial charge on any atom is -0.365 e. The van der Waals surface area contributed by atoms with E-state index in [0.717, 1.165) is 11.3 Å². The van der Waals surface area contributed by atoms with Crippen molar-refractivity contribution in [2.24, 2.45) is 5.73 Å². The average molecular weight is 283 g/mol. The summed E-state index contributed by atoms with van der Waals surface area (Å²) in [5.74, 6) is -1.04. The zero-order chi connectivity index (χ0) is 13.1. The Morgan fingerprint density at radius 3 is 2.78 bits per heavy atom. The number of thiazole rings is 1. The van der Waals surface area contributed by atoms with Crippen LogP contribution in [0.1, 0.15) is 20.0 Å². The number of hydrogen-bond donors (Lipinski definition) is 2. The van der Waals surface area contributed by atoms with Crippen LogP contribution < -0.4 is 11.1 Å². The SMILES string of the molecule is NC(=O)c1cnc(NC(=O)c2cccnc2Cl)s1. The molecule has 0 fully saturated rings. The number of halogens is 1. The highest BCUT2D eigenvalue weighted by Crippen LogP contribution is 2.19. The van der Waals surface area contributed by atoms with Crippen LogP contribution in [0.25, 0.3) is 0 Å². The molecule has 0 unspecified atom stereocenters. The van der Waals surface area contributed by atoms with Gasteiger partial charge in [-0.05, 0) is 12.1 Å². The van der Waals surface area contributed by atoms with Gasteiger partial charge in [-0.15, -0.1) is 0 Å². The van der Waals surface area contributed by atoms with Crippen LogP contribution in [-0.2, 0) is 0 Å². The number of pyridine rings is 1. The monoisotopic (exact) mass is 282 g/mol. The molecule has 0 aliphatic rings. The number of nitrogens with one attached hydrogen (secondary N) is 1. The van der Waals surface area contributed by atoms with Crippen molar-refractivity contribution in [2.75, 3.05) is 5.32 Å². The highest BCUT2D eigenvalue weighted by molar-refractivity contribution is 7.17. The Labute approximate surface area is 111 Å². The van der Waals surface area contributed by atoms with Gasteiger partial charge in [0.05, 0.1) is 11.8 Å². The van der Waals surface area contributed by atoms with Gasteiger partial charge in [0.2, 0.25) is 0 Å². The minimum atomic E-state index is -0.590. The minimum absolute atomic E-state index is 0.0988. The number of anilines is 1. The Kier molecular flexibility index (Phi) is 3.54. The molecule has 0 aliphatic heterocycles. The number of primary amides is 1. The summed E-state index contributed by atoms with van der Waals surface area (Å²) < 4.78 is 0. The fourth-order valence-corrected chi connectivity index (χ4v) is 2.03. The molecule has 8 heteroatoms. The first-order valence-electron chi connectivity index (χ1n) is 4.75. The molecule has 92 valence electrons. The number of nitrogens with two attached hydrogens (primary N) is 1. The quantitative estimate of drug-likeness (QED) is 0.834. The average Bonchev–Trinajstić information content (AvgIpc) is 2.78. The van der Waals surface area contributed by atoms with Gasteiger partial charge in [-0.25, -0.2) is 9.97 Å². The van der Waals surface area contributed by atoms with E-state index in [0.29, 0.717) is 0 Å². The molecular formula is C10H7ClN4O2S. The lowest BCUT2D eigenvalue weighted by molar-refractivity contribution is 0.100. The van der Waals surface area contributed by atoms with Gasteiger partial charge in [0, 0.05) is 6.20 Å². The summed E-state index contributed by atoms with van der Waals surface area (Å²) >= 11 is 6.77. The van der Waals surface area contributed by atoms with Crippen LogP contribution in [0.5, 0.6) is 0 Å². The molecule has 18 heavy (non-hydrogen) atoms. The number of amides is 2. The summed E-state index contributed by atoms with van der Waals surface area (Å²) in [6, 6.07) is 3.13. The van der Waals surface area contributed by atoms with Crippen molar-refractivity contribution in [1.82, 2.24) is 9.97 Å². The maximum atomic E-state index is 11.8. The van der Waals surface area contributed by atoms with Crippen LogP contribution >= 0.6 is 22.9 Å². The van der Waals surface area contributed by atoms with E-state index in [-0.39, 0.29) is 20.7 Å². The van der Waals surface area contributed by atoms with E-state index in [1.54, 1.807) is 6.07 Å². The lowest BCUT2D eigenvalue weighted by Gasteiger charge is -2.02. The second-order valence-electron chi connectivity index (χ2n) is 3.19. The zero-order valence-corrected chi connectivity index (χ0v) is 10.5. The summed E-state index contributed by atoms with van der Waals surface area (Å²) in [6.45, 7) is 0. The molecule has 2 amide bonds. The molecule has 3 N–H and O–H groups in total. The topological polar surface area (TPSA) is 98.0 Å². The van der Waals surface area contributed by atoms with Gasteiger partial charge in [-0.3, -0.25) is 14.9 Å². The maximum absolute atomic E-state index is 11.8. The first-order chi connectivity index (χ1) is 8.58. The largest absolute Gasteiger partial charge is 0.365 e. The molecule has 0 aromatic carbocycles. The number of rotatable bonds is 3. The lowest BCUT2D eigenvalue weighted by atomic mass is 10.3. The Bertz CT molecular complexity index is 613. The van der Waals surface area contributed by atoms with Gasteiger partial charge < -0.3 is 5.73 Å². The predicted octanol–water partition coefficient (Wildman–Crippen LogP) is 1.54. The van der Waals surface area contributed by atoms with E-state index in [1.807, 2.05) is 0 Å². The van der Waals surface area contributed by atoms with Gasteiger partial charge in [0.25, 0.3) is 11.8 Å². The Hall–Kier alpha value is -1.99. The van der Waals surface area contributed by atoms with Crippen molar-refractivity contribution in [2.45, 2.75) is 0 Å². The lowest BCUT2D eigenvalue weighted by Crippen LogP contribution is -2.12. The highest BCUT2D eigenvalue weighted by Gasteiger charge is 2.13. The second kappa shape index (κ2) is 5.11. The van der Waals surface area contributed by atoms with Gasteiger partial charge in [-0.2, -0.15) is 0 Å². The first-order valence-corrected chi connectivity index (χ1v) is 5.95. The summed E-state index contributed by atoms with van der Waals surface area (Å²) in [5, 5.41) is 2.88. The van der Waals surface area contributed by atoms with E-state index in [1.165, 1.54) is 18.5 Å². The molecule has 0 saturated carbocycles. The van der Waals surface area contributed by atoms with E-state index < -0.39 is 11.8 Å². The van der Waals surface area contributed by atoms with E-state index in [9.17, 15) is 9.59 Å². The fraction of sp³-hybridized carbons (Fsp3) is 0. The van der Waals surface area contributed by atoms with Crippen molar-refractivity contribution in [1.29, 1.82) is 0 Å². The molecule has 0 saturated heterocycles. The van der Waals surface area contributed by atoms with Crippen LogP contribution in [-0.4, -0.2) is 21.8 Å².